The first kappa shape index (κ1) is 13.5. The molecule has 106 valence electrons. The Balaban J connectivity index is 2.25. The van der Waals surface area contributed by atoms with Crippen LogP contribution in [0.2, 0.25) is 0 Å². The van der Waals surface area contributed by atoms with Crippen molar-refractivity contribution < 1.29 is 14.5 Å². The third-order valence-corrected chi connectivity index (χ3v) is 3.41. The third-order valence-electron chi connectivity index (χ3n) is 3.41. The second kappa shape index (κ2) is 4.80. The van der Waals surface area contributed by atoms with Gasteiger partial charge in [0.15, 0.2) is 5.78 Å². The summed E-state index contributed by atoms with van der Waals surface area (Å²) in [5.41, 5.74) is 7.79. The van der Waals surface area contributed by atoms with E-state index in [1.165, 1.54) is 24.3 Å². The number of carbonyl (C=O) groups is 2. The van der Waals surface area contributed by atoms with Crippen LogP contribution in [0.1, 0.15) is 26.3 Å². The van der Waals surface area contributed by atoms with E-state index in [4.69, 9.17) is 5.53 Å². The van der Waals surface area contributed by atoms with Crippen LogP contribution in [0.15, 0.2) is 41.5 Å². The lowest BCUT2D eigenvalue weighted by Gasteiger charge is -2.01. The molecule has 1 aliphatic carbocycles. The van der Waals surface area contributed by atoms with E-state index in [0.717, 1.165) is 0 Å². The molecule has 0 aliphatic heterocycles. The highest BCUT2D eigenvalue weighted by Crippen LogP contribution is 2.39. The van der Waals surface area contributed by atoms with Gasteiger partial charge in [-0.3, -0.25) is 19.7 Å². The maximum atomic E-state index is 12.5. The zero-order valence-corrected chi connectivity index (χ0v) is 10.9. The number of benzene rings is 2. The molecule has 0 unspecified atom stereocenters. The van der Waals surface area contributed by atoms with Crippen molar-refractivity contribution in [1.82, 2.24) is 4.91 Å². The monoisotopic (exact) mass is 295 g/mol. The molecule has 0 atom stereocenters. The van der Waals surface area contributed by atoms with E-state index < -0.39 is 16.6 Å². The van der Waals surface area contributed by atoms with Crippen molar-refractivity contribution >= 4 is 17.4 Å². The van der Waals surface area contributed by atoms with Gasteiger partial charge in [0, 0.05) is 23.3 Å². The number of nitro benzene ring substituents is 1. The highest BCUT2D eigenvalue weighted by atomic mass is 16.6. The van der Waals surface area contributed by atoms with Crippen molar-refractivity contribution in [3.8, 4) is 11.1 Å². The molecule has 0 bridgehead atoms. The molecule has 1 N–H and O–H groups in total. The Morgan fingerprint density at radius 1 is 1.18 bits per heavy atom. The number of rotatable bonds is 2. The summed E-state index contributed by atoms with van der Waals surface area (Å²) < 4.78 is 0. The number of hydrogen-bond donors (Lipinski definition) is 1. The molecule has 2 aromatic rings. The van der Waals surface area contributed by atoms with Crippen LogP contribution in [0.5, 0.6) is 0 Å². The van der Waals surface area contributed by atoms with Gasteiger partial charge in [0.05, 0.1) is 10.5 Å². The Morgan fingerprint density at radius 2 is 1.95 bits per heavy atom. The highest BCUT2D eigenvalue weighted by molar-refractivity contribution is 6.25. The number of nitrogens with zero attached hydrogens (tertiary/aromatic N) is 3. The van der Waals surface area contributed by atoms with Gasteiger partial charge in [0.2, 0.25) is 10.0 Å². The van der Waals surface area contributed by atoms with Gasteiger partial charge in [-0.25, -0.2) is 0 Å². The van der Waals surface area contributed by atoms with Gasteiger partial charge in [-0.2, -0.15) is 0 Å². The standard InChI is InChI=1S/C14H7N4O4/c15-17-16-14(20)10-3-1-2-9-8-5-4-7(18(21)22)6-11(8)13(19)12(9)10/h1-6,15H/q+1. The van der Waals surface area contributed by atoms with Gasteiger partial charge in [-0.05, 0) is 23.3 Å². The zero-order chi connectivity index (χ0) is 15.9. The maximum Gasteiger partial charge on any atom is 0.361 e. The number of fused-ring (bicyclic) bond motifs is 3. The van der Waals surface area contributed by atoms with Crippen molar-refractivity contribution in [2.45, 2.75) is 0 Å². The van der Waals surface area contributed by atoms with Crippen molar-refractivity contribution in [3.63, 3.8) is 0 Å². The van der Waals surface area contributed by atoms with E-state index in [1.54, 1.807) is 12.1 Å². The number of amides is 1. The van der Waals surface area contributed by atoms with Crippen molar-refractivity contribution in [2.24, 2.45) is 5.11 Å². The van der Waals surface area contributed by atoms with E-state index >= 15 is 0 Å². The fourth-order valence-electron chi connectivity index (χ4n) is 2.50. The predicted molar refractivity (Wildman–Crippen MR) is 73.6 cm³/mol. The summed E-state index contributed by atoms with van der Waals surface area (Å²) in [6, 6.07) is 8.62. The molecule has 0 spiro atoms. The fraction of sp³-hybridized carbons (Fsp3) is 0. The average molecular weight is 295 g/mol. The van der Waals surface area contributed by atoms with Crippen LogP contribution < -0.4 is 4.91 Å². The second-order valence-corrected chi connectivity index (χ2v) is 4.55. The Hall–Kier alpha value is -3.51. The Kier molecular flexibility index (Phi) is 2.94. The van der Waals surface area contributed by atoms with Crippen LogP contribution in [0.4, 0.5) is 5.69 Å². The lowest BCUT2D eigenvalue weighted by molar-refractivity contribution is -0.384. The third kappa shape index (κ3) is 1.83. The first-order valence-electron chi connectivity index (χ1n) is 6.13. The van der Waals surface area contributed by atoms with Crippen LogP contribution in [0.3, 0.4) is 0 Å². The molecular weight excluding hydrogens is 288 g/mol. The molecule has 0 aromatic heterocycles. The van der Waals surface area contributed by atoms with Crippen LogP contribution >= 0.6 is 0 Å². The molecule has 0 fully saturated rings. The van der Waals surface area contributed by atoms with Crippen molar-refractivity contribution in [2.75, 3.05) is 0 Å². The molecule has 2 aromatic carbocycles. The summed E-state index contributed by atoms with van der Waals surface area (Å²) in [6.45, 7) is 0. The number of carbonyl (C=O) groups excluding carboxylic acids is 2. The molecule has 0 saturated heterocycles. The van der Waals surface area contributed by atoms with Crippen LogP contribution in [-0.4, -0.2) is 16.6 Å². The normalized spacial score (nSPS) is 11.4. The Bertz CT molecular complexity index is 913. The average Bonchev–Trinajstić information content (AvgIpc) is 2.80. The maximum absolute atomic E-state index is 12.5. The second-order valence-electron chi connectivity index (χ2n) is 4.55. The fourth-order valence-corrected chi connectivity index (χ4v) is 2.50. The largest absolute Gasteiger partial charge is 0.361 e. The van der Waals surface area contributed by atoms with E-state index in [0.29, 0.717) is 11.1 Å². The Morgan fingerprint density at radius 3 is 2.64 bits per heavy atom. The van der Waals surface area contributed by atoms with Gasteiger partial charge >= 0.3 is 5.91 Å². The van der Waals surface area contributed by atoms with Gasteiger partial charge in [-0.1, -0.05) is 12.1 Å². The van der Waals surface area contributed by atoms with Crippen molar-refractivity contribution in [1.29, 1.82) is 5.53 Å². The van der Waals surface area contributed by atoms with Crippen LogP contribution in [0.25, 0.3) is 11.1 Å². The van der Waals surface area contributed by atoms with Crippen molar-refractivity contribution in [3.05, 3.63) is 63.2 Å². The summed E-state index contributed by atoms with van der Waals surface area (Å²) in [5, 5.41) is 13.9. The van der Waals surface area contributed by atoms with E-state index in [9.17, 15) is 19.7 Å². The summed E-state index contributed by atoms with van der Waals surface area (Å²) >= 11 is 0. The Labute approximate surface area is 122 Å². The number of nitro groups is 1. The van der Waals surface area contributed by atoms with E-state index in [1.807, 2.05) is 0 Å². The minimum absolute atomic E-state index is 0.0253. The number of ketones is 1. The van der Waals surface area contributed by atoms with Gasteiger partial charge in [-0.15, -0.1) is 0 Å². The zero-order valence-electron chi connectivity index (χ0n) is 10.9. The minimum Gasteiger partial charge on any atom is -0.289 e. The molecule has 0 heterocycles. The van der Waals surface area contributed by atoms with Crippen LogP contribution in [0, 0.1) is 15.6 Å². The lowest BCUT2D eigenvalue weighted by Crippen LogP contribution is -2.05. The predicted octanol–water partition coefficient (Wildman–Crippen LogP) is 2.50. The number of nitrogens with one attached hydrogen (secondary N) is 1. The molecule has 8 heteroatoms. The summed E-state index contributed by atoms with van der Waals surface area (Å²) in [7, 11) is 0. The first-order valence-corrected chi connectivity index (χ1v) is 6.13. The summed E-state index contributed by atoms with van der Waals surface area (Å²) in [5.74, 6) is -1.28. The first-order chi connectivity index (χ1) is 10.5. The molecule has 3 rings (SSSR count). The SMILES string of the molecule is N=[N+]=NC(=O)c1cccc2c1C(=O)c1cc([N+](=O)[O-])ccc1-2. The summed E-state index contributed by atoms with van der Waals surface area (Å²) in [4.78, 5) is 37.3. The van der Waals surface area contributed by atoms with E-state index in [-0.39, 0.29) is 22.4 Å². The minimum atomic E-state index is -0.803. The smallest absolute Gasteiger partial charge is 0.289 e. The molecule has 22 heavy (non-hydrogen) atoms. The van der Waals surface area contributed by atoms with Gasteiger partial charge in [0.25, 0.3) is 5.69 Å². The number of hydrogen-bond acceptors (Lipinski definition) is 5. The topological polar surface area (TPSA) is 128 Å². The quantitative estimate of drug-likeness (QED) is 0.337. The molecular formula is C14H7N4O4+. The van der Waals surface area contributed by atoms with Crippen LogP contribution in [-0.2, 0) is 0 Å². The van der Waals surface area contributed by atoms with E-state index in [2.05, 4.69) is 10.0 Å². The molecule has 0 radical (unpaired) electrons. The molecule has 0 saturated carbocycles. The molecule has 1 aliphatic rings. The van der Waals surface area contributed by atoms with Gasteiger partial charge < -0.3 is 0 Å². The summed E-state index contributed by atoms with van der Waals surface area (Å²) in [6.07, 6.45) is 0. The number of non-ortho nitro benzene ring substituents is 1. The lowest BCUT2D eigenvalue weighted by atomic mass is 10.0. The molecule has 8 nitrogen and oxygen atoms in total. The molecule has 1 amide bonds. The van der Waals surface area contributed by atoms with Gasteiger partial charge in [0.1, 0.15) is 5.53 Å². The highest BCUT2D eigenvalue weighted by Gasteiger charge is 2.33.